The first-order valence-electron chi connectivity index (χ1n) is 6.29. The lowest BCUT2D eigenvalue weighted by Crippen LogP contribution is -2.06. The zero-order chi connectivity index (χ0) is 13.1. The number of halogens is 1. The summed E-state index contributed by atoms with van der Waals surface area (Å²) in [7, 11) is 0. The SMILES string of the molecule is CCc1cc(CC)n(-c2cc(C)ncc2CCl)n1. The van der Waals surface area contributed by atoms with Crippen molar-refractivity contribution < 1.29 is 0 Å². The Morgan fingerprint density at radius 1 is 1.22 bits per heavy atom. The van der Waals surface area contributed by atoms with Gasteiger partial charge in [-0.25, -0.2) is 4.68 Å². The molecule has 2 heterocycles. The van der Waals surface area contributed by atoms with Crippen LogP contribution in [-0.2, 0) is 18.7 Å². The molecule has 0 aliphatic rings. The van der Waals surface area contributed by atoms with Gasteiger partial charge in [0.05, 0.1) is 17.3 Å². The van der Waals surface area contributed by atoms with Gasteiger partial charge in [0.25, 0.3) is 0 Å². The topological polar surface area (TPSA) is 30.7 Å². The van der Waals surface area contributed by atoms with Crippen molar-refractivity contribution in [1.29, 1.82) is 0 Å². The fourth-order valence-corrected chi connectivity index (χ4v) is 2.19. The van der Waals surface area contributed by atoms with Crippen molar-refractivity contribution in [2.45, 2.75) is 39.5 Å². The van der Waals surface area contributed by atoms with Crippen molar-refractivity contribution >= 4 is 11.6 Å². The number of rotatable bonds is 4. The third kappa shape index (κ3) is 2.41. The van der Waals surface area contributed by atoms with E-state index in [1.165, 1.54) is 5.69 Å². The normalized spacial score (nSPS) is 10.9. The molecule has 0 N–H and O–H groups in total. The summed E-state index contributed by atoms with van der Waals surface area (Å²) in [4.78, 5) is 4.29. The Balaban J connectivity index is 2.59. The van der Waals surface area contributed by atoms with Crippen LogP contribution in [0.1, 0.15) is 36.5 Å². The second-order valence-electron chi connectivity index (χ2n) is 4.33. The molecule has 0 bridgehead atoms. The summed E-state index contributed by atoms with van der Waals surface area (Å²) in [6.45, 7) is 6.24. The summed E-state index contributed by atoms with van der Waals surface area (Å²) in [5, 5.41) is 4.65. The average molecular weight is 264 g/mol. The Morgan fingerprint density at radius 3 is 2.61 bits per heavy atom. The van der Waals surface area contributed by atoms with Gasteiger partial charge in [-0.15, -0.1) is 11.6 Å². The third-order valence-electron chi connectivity index (χ3n) is 3.03. The maximum atomic E-state index is 5.99. The van der Waals surface area contributed by atoms with E-state index in [4.69, 9.17) is 11.6 Å². The molecule has 0 aliphatic heterocycles. The van der Waals surface area contributed by atoms with Crippen molar-refractivity contribution in [1.82, 2.24) is 14.8 Å². The Morgan fingerprint density at radius 2 is 2.00 bits per heavy atom. The molecule has 0 saturated carbocycles. The Kier molecular flexibility index (Phi) is 4.02. The number of nitrogens with zero attached hydrogens (tertiary/aromatic N) is 3. The van der Waals surface area contributed by atoms with Crippen LogP contribution in [0.2, 0.25) is 0 Å². The predicted octanol–water partition coefficient (Wildman–Crippen LogP) is 3.44. The largest absolute Gasteiger partial charge is 0.261 e. The van der Waals surface area contributed by atoms with Gasteiger partial charge in [0.1, 0.15) is 0 Å². The predicted molar refractivity (Wildman–Crippen MR) is 74.4 cm³/mol. The molecule has 0 atom stereocenters. The zero-order valence-corrected chi connectivity index (χ0v) is 11.8. The van der Waals surface area contributed by atoms with Gasteiger partial charge < -0.3 is 0 Å². The second kappa shape index (κ2) is 5.53. The van der Waals surface area contributed by atoms with Crippen LogP contribution < -0.4 is 0 Å². The average Bonchev–Trinajstić information content (AvgIpc) is 2.81. The van der Waals surface area contributed by atoms with Crippen LogP contribution in [-0.4, -0.2) is 14.8 Å². The summed E-state index contributed by atoms with van der Waals surface area (Å²) in [6, 6.07) is 4.21. The van der Waals surface area contributed by atoms with E-state index in [0.717, 1.165) is 35.5 Å². The van der Waals surface area contributed by atoms with Crippen molar-refractivity contribution in [3.63, 3.8) is 0 Å². The number of alkyl halides is 1. The molecular weight excluding hydrogens is 246 g/mol. The minimum atomic E-state index is 0.451. The van der Waals surface area contributed by atoms with E-state index in [1.54, 1.807) is 0 Å². The monoisotopic (exact) mass is 263 g/mol. The molecule has 2 aromatic rings. The molecule has 0 spiro atoms. The van der Waals surface area contributed by atoms with Gasteiger partial charge in [-0.3, -0.25) is 4.98 Å². The van der Waals surface area contributed by atoms with Crippen LogP contribution in [0.25, 0.3) is 5.69 Å². The second-order valence-corrected chi connectivity index (χ2v) is 4.60. The van der Waals surface area contributed by atoms with Crippen molar-refractivity contribution in [3.8, 4) is 5.69 Å². The number of hydrogen-bond acceptors (Lipinski definition) is 2. The van der Waals surface area contributed by atoms with Crippen LogP contribution >= 0.6 is 11.6 Å². The van der Waals surface area contributed by atoms with Gasteiger partial charge in [-0.1, -0.05) is 13.8 Å². The van der Waals surface area contributed by atoms with Crippen molar-refractivity contribution in [2.24, 2.45) is 0 Å². The fourth-order valence-electron chi connectivity index (χ4n) is 1.98. The maximum Gasteiger partial charge on any atom is 0.0726 e. The summed E-state index contributed by atoms with van der Waals surface area (Å²) < 4.78 is 2.01. The van der Waals surface area contributed by atoms with Gasteiger partial charge in [0.2, 0.25) is 0 Å². The molecule has 0 radical (unpaired) electrons. The van der Waals surface area contributed by atoms with E-state index in [0.29, 0.717) is 5.88 Å². The molecule has 0 aliphatic carbocycles. The van der Waals surface area contributed by atoms with Crippen LogP contribution in [0.4, 0.5) is 0 Å². The van der Waals surface area contributed by atoms with Gasteiger partial charge in [-0.2, -0.15) is 5.10 Å². The molecule has 0 aromatic carbocycles. The number of hydrogen-bond donors (Lipinski definition) is 0. The molecule has 0 unspecified atom stereocenters. The lowest BCUT2D eigenvalue weighted by atomic mass is 10.2. The number of aromatic nitrogens is 3. The summed E-state index contributed by atoms with van der Waals surface area (Å²) >= 11 is 5.99. The molecule has 4 heteroatoms. The van der Waals surface area contributed by atoms with E-state index in [1.807, 2.05) is 23.9 Å². The molecule has 18 heavy (non-hydrogen) atoms. The van der Waals surface area contributed by atoms with E-state index >= 15 is 0 Å². The first kappa shape index (κ1) is 13.1. The molecule has 2 aromatic heterocycles. The molecule has 0 saturated heterocycles. The summed E-state index contributed by atoms with van der Waals surface area (Å²) in [5.74, 6) is 0.451. The van der Waals surface area contributed by atoms with Crippen LogP contribution in [0, 0.1) is 6.92 Å². The van der Waals surface area contributed by atoms with Gasteiger partial charge in [0, 0.05) is 23.1 Å². The van der Waals surface area contributed by atoms with Crippen LogP contribution in [0.5, 0.6) is 0 Å². The highest BCUT2D eigenvalue weighted by molar-refractivity contribution is 6.17. The molecule has 2 rings (SSSR count). The van der Waals surface area contributed by atoms with Gasteiger partial charge >= 0.3 is 0 Å². The first-order chi connectivity index (χ1) is 8.69. The number of aryl methyl sites for hydroxylation is 3. The molecular formula is C14H18ClN3. The highest BCUT2D eigenvalue weighted by atomic mass is 35.5. The van der Waals surface area contributed by atoms with Crippen molar-refractivity contribution in [3.05, 3.63) is 41.0 Å². The molecule has 3 nitrogen and oxygen atoms in total. The van der Waals surface area contributed by atoms with E-state index in [2.05, 4.69) is 30.0 Å². The van der Waals surface area contributed by atoms with Gasteiger partial charge in [0.15, 0.2) is 0 Å². The summed E-state index contributed by atoms with van der Waals surface area (Å²) in [6.07, 6.45) is 3.74. The highest BCUT2D eigenvalue weighted by Gasteiger charge is 2.11. The molecule has 96 valence electrons. The highest BCUT2D eigenvalue weighted by Crippen LogP contribution is 2.20. The van der Waals surface area contributed by atoms with Crippen molar-refractivity contribution in [2.75, 3.05) is 0 Å². The van der Waals surface area contributed by atoms with Crippen LogP contribution in [0.3, 0.4) is 0 Å². The minimum Gasteiger partial charge on any atom is -0.261 e. The lowest BCUT2D eigenvalue weighted by Gasteiger charge is -2.10. The standard InChI is InChI=1S/C14H18ClN3/c1-4-12-7-13(5-2)18(17-12)14-6-10(3)16-9-11(14)8-15/h6-7,9H,4-5,8H2,1-3H3. The Hall–Kier alpha value is -1.35. The third-order valence-corrected chi connectivity index (χ3v) is 3.32. The van der Waals surface area contributed by atoms with E-state index in [-0.39, 0.29) is 0 Å². The first-order valence-corrected chi connectivity index (χ1v) is 6.82. The van der Waals surface area contributed by atoms with E-state index in [9.17, 15) is 0 Å². The summed E-state index contributed by atoms with van der Waals surface area (Å²) in [5.41, 5.74) is 5.37. The smallest absolute Gasteiger partial charge is 0.0726 e. The van der Waals surface area contributed by atoms with Gasteiger partial charge in [-0.05, 0) is 31.9 Å². The molecule has 0 amide bonds. The Bertz CT molecular complexity index is 546. The minimum absolute atomic E-state index is 0.451. The Labute approximate surface area is 113 Å². The van der Waals surface area contributed by atoms with E-state index < -0.39 is 0 Å². The number of pyridine rings is 1. The quantitative estimate of drug-likeness (QED) is 0.791. The zero-order valence-electron chi connectivity index (χ0n) is 11.1. The fraction of sp³-hybridized carbons (Fsp3) is 0.429. The molecule has 0 fully saturated rings. The van der Waals surface area contributed by atoms with Crippen LogP contribution in [0.15, 0.2) is 18.3 Å². The lowest BCUT2D eigenvalue weighted by molar-refractivity contribution is 0.785. The maximum absolute atomic E-state index is 5.99.